The second-order valence-electron chi connectivity index (χ2n) is 7.84. The first-order chi connectivity index (χ1) is 14.7. The average molecular weight is 411 g/mol. The lowest BCUT2D eigenvalue weighted by Gasteiger charge is -2.34. The summed E-state index contributed by atoms with van der Waals surface area (Å²) in [6.45, 7) is 9.58. The lowest BCUT2D eigenvalue weighted by Crippen LogP contribution is -2.47. The summed E-state index contributed by atoms with van der Waals surface area (Å²) in [4.78, 5) is 22.0. The molecule has 160 valence electrons. The first-order valence-electron chi connectivity index (χ1n) is 10.8. The van der Waals surface area contributed by atoms with E-state index in [2.05, 4.69) is 27.0 Å². The Balaban J connectivity index is 1.30. The number of pyridine rings is 1. The normalized spacial score (nSPS) is 15.7. The van der Waals surface area contributed by atoms with Crippen molar-refractivity contribution in [3.63, 3.8) is 0 Å². The molecule has 0 aliphatic carbocycles. The molecule has 0 unspecified atom stereocenters. The molecule has 1 fully saturated rings. The molecule has 0 bridgehead atoms. The third-order valence-electron chi connectivity index (χ3n) is 5.68. The zero-order valence-corrected chi connectivity index (χ0v) is 17.8. The minimum Gasteiger partial charge on any atom is -0.497 e. The number of fused-ring (bicyclic) bond motifs is 2. The number of carbonyl (C=O) groups is 1. The Labute approximate surface area is 177 Å². The van der Waals surface area contributed by atoms with E-state index < -0.39 is 0 Å². The monoisotopic (exact) mass is 410 g/mol. The average Bonchev–Trinajstić information content (AvgIpc) is 3.18. The standard InChI is InChI=1S/C23H30N4O3/c1-3-8-26-10-12-27(13-11-26)9-4-7-24-22(28)21-15-18-14-17-5-6-19(29-2)16-20(17)25-23(18)30-21/h5-6,14-16H,3-4,7-13H2,1-2H3,(H,24,28). The number of methoxy groups -OCH3 is 1. The predicted molar refractivity (Wildman–Crippen MR) is 118 cm³/mol. The molecule has 2 aromatic heterocycles. The highest BCUT2D eigenvalue weighted by atomic mass is 16.5. The second-order valence-corrected chi connectivity index (χ2v) is 7.84. The van der Waals surface area contributed by atoms with E-state index in [0.717, 1.165) is 61.2 Å². The summed E-state index contributed by atoms with van der Waals surface area (Å²) in [7, 11) is 1.63. The number of benzene rings is 1. The summed E-state index contributed by atoms with van der Waals surface area (Å²) in [5.41, 5.74) is 1.24. The predicted octanol–water partition coefficient (Wildman–Crippen LogP) is 3.14. The molecule has 0 atom stereocenters. The van der Waals surface area contributed by atoms with Crippen LogP contribution in [0, 0.1) is 0 Å². The Hall–Kier alpha value is -2.64. The van der Waals surface area contributed by atoms with Gasteiger partial charge in [-0.15, -0.1) is 0 Å². The minimum absolute atomic E-state index is 0.192. The number of nitrogens with one attached hydrogen (secondary N) is 1. The highest BCUT2D eigenvalue weighted by Crippen LogP contribution is 2.25. The maximum atomic E-state index is 12.5. The van der Waals surface area contributed by atoms with Gasteiger partial charge in [-0.05, 0) is 50.2 Å². The number of ether oxygens (including phenoxy) is 1. The van der Waals surface area contributed by atoms with Crippen molar-refractivity contribution in [3.05, 3.63) is 36.1 Å². The Bertz CT molecular complexity index is 1010. The Morgan fingerprint density at radius 3 is 2.60 bits per heavy atom. The van der Waals surface area contributed by atoms with Gasteiger partial charge in [0.2, 0.25) is 5.71 Å². The molecule has 1 aliphatic heterocycles. The van der Waals surface area contributed by atoms with Crippen LogP contribution in [-0.4, -0.2) is 73.6 Å². The molecule has 7 heteroatoms. The molecule has 0 saturated carbocycles. The maximum Gasteiger partial charge on any atom is 0.287 e. The number of amides is 1. The van der Waals surface area contributed by atoms with Gasteiger partial charge in [0.1, 0.15) is 5.75 Å². The van der Waals surface area contributed by atoms with Gasteiger partial charge in [0, 0.05) is 49.6 Å². The van der Waals surface area contributed by atoms with E-state index in [1.807, 2.05) is 24.3 Å². The van der Waals surface area contributed by atoms with Crippen LogP contribution in [0.4, 0.5) is 0 Å². The Kier molecular flexibility index (Phi) is 6.50. The number of furan rings is 1. The van der Waals surface area contributed by atoms with Gasteiger partial charge >= 0.3 is 0 Å². The number of carbonyl (C=O) groups excluding carboxylic acids is 1. The van der Waals surface area contributed by atoms with Crippen LogP contribution in [0.5, 0.6) is 5.75 Å². The van der Waals surface area contributed by atoms with Crippen LogP contribution in [0.2, 0.25) is 0 Å². The summed E-state index contributed by atoms with van der Waals surface area (Å²) in [6.07, 6.45) is 2.15. The lowest BCUT2D eigenvalue weighted by molar-refractivity contribution is 0.0922. The highest BCUT2D eigenvalue weighted by Gasteiger charge is 2.16. The van der Waals surface area contributed by atoms with Gasteiger partial charge < -0.3 is 24.3 Å². The third-order valence-corrected chi connectivity index (χ3v) is 5.68. The van der Waals surface area contributed by atoms with Crippen LogP contribution in [0.25, 0.3) is 22.0 Å². The van der Waals surface area contributed by atoms with Crippen LogP contribution in [-0.2, 0) is 0 Å². The number of hydrogen-bond acceptors (Lipinski definition) is 6. The van der Waals surface area contributed by atoms with E-state index >= 15 is 0 Å². The first kappa shape index (κ1) is 20.6. The summed E-state index contributed by atoms with van der Waals surface area (Å²) >= 11 is 0. The van der Waals surface area contributed by atoms with Crippen LogP contribution in [0.15, 0.2) is 34.7 Å². The molecule has 3 heterocycles. The van der Waals surface area contributed by atoms with Crippen LogP contribution in [0.3, 0.4) is 0 Å². The number of piperazine rings is 1. The zero-order valence-electron chi connectivity index (χ0n) is 17.8. The fraction of sp³-hybridized carbons (Fsp3) is 0.478. The molecule has 1 amide bonds. The summed E-state index contributed by atoms with van der Waals surface area (Å²) < 4.78 is 11.0. The van der Waals surface area contributed by atoms with Crippen molar-refractivity contribution in [1.29, 1.82) is 0 Å². The molecule has 7 nitrogen and oxygen atoms in total. The van der Waals surface area contributed by atoms with Crippen molar-refractivity contribution in [2.24, 2.45) is 0 Å². The molecule has 0 radical (unpaired) electrons. The molecule has 1 aliphatic rings. The van der Waals surface area contributed by atoms with E-state index in [1.165, 1.54) is 13.0 Å². The lowest BCUT2D eigenvalue weighted by atomic mass is 10.2. The van der Waals surface area contributed by atoms with Gasteiger partial charge in [-0.3, -0.25) is 4.79 Å². The van der Waals surface area contributed by atoms with E-state index in [-0.39, 0.29) is 5.91 Å². The smallest absolute Gasteiger partial charge is 0.287 e. The second kappa shape index (κ2) is 9.45. The SMILES string of the molecule is CCCN1CCN(CCCNC(=O)c2cc3cc4ccc(OC)cc4nc3o2)CC1. The molecule has 4 rings (SSSR count). The topological polar surface area (TPSA) is 70.8 Å². The molecule has 1 N–H and O–H groups in total. The van der Waals surface area contributed by atoms with Gasteiger partial charge in [-0.1, -0.05) is 6.92 Å². The van der Waals surface area contributed by atoms with Gasteiger partial charge in [0.15, 0.2) is 5.76 Å². The Morgan fingerprint density at radius 1 is 1.10 bits per heavy atom. The van der Waals surface area contributed by atoms with Gasteiger partial charge in [0.05, 0.1) is 12.6 Å². The number of aromatic nitrogens is 1. The quantitative estimate of drug-likeness (QED) is 0.576. The largest absolute Gasteiger partial charge is 0.497 e. The molecule has 0 spiro atoms. The minimum atomic E-state index is -0.192. The Morgan fingerprint density at radius 2 is 1.87 bits per heavy atom. The van der Waals surface area contributed by atoms with Crippen molar-refractivity contribution in [2.75, 3.05) is 52.9 Å². The molecule has 1 saturated heterocycles. The fourth-order valence-corrected chi connectivity index (χ4v) is 3.99. The number of rotatable bonds is 8. The van der Waals surface area contributed by atoms with E-state index in [1.54, 1.807) is 13.2 Å². The molecule has 3 aromatic rings. The molecular formula is C23H30N4O3. The van der Waals surface area contributed by atoms with Gasteiger partial charge in [-0.2, -0.15) is 0 Å². The summed E-state index contributed by atoms with van der Waals surface area (Å²) in [6, 6.07) is 9.45. The fourth-order valence-electron chi connectivity index (χ4n) is 3.99. The summed E-state index contributed by atoms with van der Waals surface area (Å²) in [5.74, 6) is 0.848. The van der Waals surface area contributed by atoms with Crippen molar-refractivity contribution in [2.45, 2.75) is 19.8 Å². The molecular weight excluding hydrogens is 380 g/mol. The van der Waals surface area contributed by atoms with E-state index in [0.29, 0.717) is 18.0 Å². The number of hydrogen-bond donors (Lipinski definition) is 1. The van der Waals surface area contributed by atoms with E-state index in [9.17, 15) is 4.79 Å². The van der Waals surface area contributed by atoms with Gasteiger partial charge in [-0.25, -0.2) is 4.98 Å². The molecule has 30 heavy (non-hydrogen) atoms. The van der Waals surface area contributed by atoms with Crippen molar-refractivity contribution in [1.82, 2.24) is 20.1 Å². The van der Waals surface area contributed by atoms with Crippen molar-refractivity contribution >= 4 is 27.9 Å². The number of nitrogens with zero attached hydrogens (tertiary/aromatic N) is 3. The van der Waals surface area contributed by atoms with Crippen molar-refractivity contribution < 1.29 is 13.9 Å². The van der Waals surface area contributed by atoms with E-state index in [4.69, 9.17) is 9.15 Å². The maximum absolute atomic E-state index is 12.5. The third kappa shape index (κ3) is 4.74. The molecule has 1 aromatic carbocycles. The van der Waals surface area contributed by atoms with Crippen LogP contribution in [0.1, 0.15) is 30.3 Å². The van der Waals surface area contributed by atoms with Crippen LogP contribution >= 0.6 is 0 Å². The highest BCUT2D eigenvalue weighted by molar-refractivity contribution is 5.98. The van der Waals surface area contributed by atoms with Crippen LogP contribution < -0.4 is 10.1 Å². The summed E-state index contributed by atoms with van der Waals surface area (Å²) in [5, 5.41) is 4.77. The van der Waals surface area contributed by atoms with Gasteiger partial charge in [0.25, 0.3) is 5.91 Å². The first-order valence-corrected chi connectivity index (χ1v) is 10.8. The van der Waals surface area contributed by atoms with Crippen molar-refractivity contribution in [3.8, 4) is 5.75 Å². The zero-order chi connectivity index (χ0) is 20.9.